The maximum Gasteiger partial charge on any atom is 0.310 e. The number of nitro groups is 1. The SMILES string of the molecule is O=[N+]([O-])c1cc(C2CC2)ccc1O. The molecule has 13 heavy (non-hydrogen) atoms. The molecule has 1 N–H and O–H groups in total. The van der Waals surface area contributed by atoms with Crippen molar-refractivity contribution in [2.24, 2.45) is 0 Å². The van der Waals surface area contributed by atoms with E-state index >= 15 is 0 Å². The lowest BCUT2D eigenvalue weighted by molar-refractivity contribution is -0.385. The van der Waals surface area contributed by atoms with Crippen LogP contribution in [0.1, 0.15) is 24.3 Å². The van der Waals surface area contributed by atoms with Crippen LogP contribution in [0.25, 0.3) is 0 Å². The quantitative estimate of drug-likeness (QED) is 0.559. The van der Waals surface area contributed by atoms with Crippen molar-refractivity contribution in [3.63, 3.8) is 0 Å². The molecule has 1 aromatic carbocycles. The molecular formula is C9H9NO3. The van der Waals surface area contributed by atoms with Gasteiger partial charge in [-0.15, -0.1) is 0 Å². The van der Waals surface area contributed by atoms with Gasteiger partial charge in [0, 0.05) is 6.07 Å². The highest BCUT2D eigenvalue weighted by Crippen LogP contribution is 2.42. The molecule has 1 aromatic rings. The van der Waals surface area contributed by atoms with Crippen LogP contribution in [-0.4, -0.2) is 10.0 Å². The van der Waals surface area contributed by atoms with E-state index in [0.717, 1.165) is 18.4 Å². The summed E-state index contributed by atoms with van der Waals surface area (Å²) in [6.07, 6.45) is 2.20. The van der Waals surface area contributed by atoms with Crippen molar-refractivity contribution in [3.05, 3.63) is 33.9 Å². The van der Waals surface area contributed by atoms with Gasteiger partial charge in [-0.25, -0.2) is 0 Å². The second-order valence-corrected chi connectivity index (χ2v) is 3.28. The number of hydrogen-bond acceptors (Lipinski definition) is 3. The van der Waals surface area contributed by atoms with Crippen LogP contribution in [-0.2, 0) is 0 Å². The third-order valence-corrected chi connectivity index (χ3v) is 2.24. The van der Waals surface area contributed by atoms with Crippen molar-refractivity contribution in [1.29, 1.82) is 0 Å². The lowest BCUT2D eigenvalue weighted by atomic mass is 10.1. The first-order valence-corrected chi connectivity index (χ1v) is 4.16. The van der Waals surface area contributed by atoms with Crippen LogP contribution in [0.5, 0.6) is 5.75 Å². The third kappa shape index (κ3) is 1.47. The first-order valence-electron chi connectivity index (χ1n) is 4.16. The predicted molar refractivity (Wildman–Crippen MR) is 46.7 cm³/mol. The zero-order valence-electron chi connectivity index (χ0n) is 6.93. The molecule has 0 aromatic heterocycles. The van der Waals surface area contributed by atoms with Crippen molar-refractivity contribution in [2.45, 2.75) is 18.8 Å². The minimum atomic E-state index is -0.554. The van der Waals surface area contributed by atoms with Crippen molar-refractivity contribution in [2.75, 3.05) is 0 Å². The highest BCUT2D eigenvalue weighted by Gasteiger charge is 2.26. The normalized spacial score (nSPS) is 15.7. The summed E-state index contributed by atoms with van der Waals surface area (Å²) < 4.78 is 0. The highest BCUT2D eigenvalue weighted by molar-refractivity contribution is 5.49. The van der Waals surface area contributed by atoms with Crippen molar-refractivity contribution < 1.29 is 10.0 Å². The van der Waals surface area contributed by atoms with E-state index in [1.165, 1.54) is 12.1 Å². The molecular weight excluding hydrogens is 170 g/mol. The van der Waals surface area contributed by atoms with Crippen LogP contribution >= 0.6 is 0 Å². The minimum absolute atomic E-state index is 0.190. The molecule has 1 aliphatic rings. The van der Waals surface area contributed by atoms with Crippen LogP contribution in [0.2, 0.25) is 0 Å². The first-order chi connectivity index (χ1) is 6.18. The summed E-state index contributed by atoms with van der Waals surface area (Å²) in [7, 11) is 0. The van der Waals surface area contributed by atoms with E-state index < -0.39 is 4.92 Å². The Balaban J connectivity index is 2.41. The molecule has 0 radical (unpaired) electrons. The molecule has 1 aliphatic carbocycles. The fourth-order valence-electron chi connectivity index (χ4n) is 1.36. The topological polar surface area (TPSA) is 63.4 Å². The molecule has 2 rings (SSSR count). The van der Waals surface area contributed by atoms with E-state index in [2.05, 4.69) is 0 Å². The van der Waals surface area contributed by atoms with Gasteiger partial charge >= 0.3 is 5.69 Å². The van der Waals surface area contributed by atoms with Crippen molar-refractivity contribution in [3.8, 4) is 5.75 Å². The number of phenolic OH excluding ortho intramolecular Hbond substituents is 1. The van der Waals surface area contributed by atoms with Gasteiger partial charge in [-0.1, -0.05) is 6.07 Å². The van der Waals surface area contributed by atoms with Crippen molar-refractivity contribution >= 4 is 5.69 Å². The maximum absolute atomic E-state index is 10.5. The Morgan fingerprint density at radius 1 is 1.46 bits per heavy atom. The summed E-state index contributed by atoms with van der Waals surface area (Å²) in [6.45, 7) is 0. The summed E-state index contributed by atoms with van der Waals surface area (Å²) in [5.74, 6) is 0.216. The van der Waals surface area contributed by atoms with E-state index in [-0.39, 0.29) is 11.4 Å². The molecule has 0 heterocycles. The van der Waals surface area contributed by atoms with Crippen LogP contribution in [0, 0.1) is 10.1 Å². The summed E-state index contributed by atoms with van der Waals surface area (Å²) in [5.41, 5.74) is 0.772. The van der Waals surface area contributed by atoms with Gasteiger partial charge in [0.05, 0.1) is 4.92 Å². The number of nitro benzene ring substituents is 1. The molecule has 1 fully saturated rings. The lowest BCUT2D eigenvalue weighted by Crippen LogP contribution is -1.90. The Hall–Kier alpha value is -1.58. The second-order valence-electron chi connectivity index (χ2n) is 3.28. The molecule has 0 saturated heterocycles. The number of phenols is 1. The van der Waals surface area contributed by atoms with Crippen LogP contribution < -0.4 is 0 Å². The number of rotatable bonds is 2. The fraction of sp³-hybridized carbons (Fsp3) is 0.333. The standard InChI is InChI=1S/C9H9NO3/c11-9-4-3-7(6-1-2-6)5-8(9)10(12)13/h3-6,11H,1-2H2. The van der Waals surface area contributed by atoms with E-state index in [4.69, 9.17) is 5.11 Å². The monoisotopic (exact) mass is 179 g/mol. The van der Waals surface area contributed by atoms with Gasteiger partial charge in [0.25, 0.3) is 0 Å². The molecule has 4 heteroatoms. The van der Waals surface area contributed by atoms with Crippen LogP contribution in [0.4, 0.5) is 5.69 Å². The summed E-state index contributed by atoms with van der Waals surface area (Å²) in [4.78, 5) is 9.91. The third-order valence-electron chi connectivity index (χ3n) is 2.24. The molecule has 0 bridgehead atoms. The van der Waals surface area contributed by atoms with Gasteiger partial charge < -0.3 is 5.11 Å². The Bertz CT molecular complexity index is 358. The van der Waals surface area contributed by atoms with Gasteiger partial charge in [-0.05, 0) is 30.4 Å². The zero-order valence-corrected chi connectivity index (χ0v) is 6.93. The van der Waals surface area contributed by atoms with E-state index in [1.54, 1.807) is 6.07 Å². The molecule has 0 unspecified atom stereocenters. The summed E-state index contributed by atoms with van der Waals surface area (Å²) in [6, 6.07) is 4.61. The number of benzene rings is 1. The van der Waals surface area contributed by atoms with Crippen LogP contribution in [0.15, 0.2) is 18.2 Å². The second kappa shape index (κ2) is 2.73. The lowest BCUT2D eigenvalue weighted by Gasteiger charge is -1.99. The Morgan fingerprint density at radius 2 is 2.15 bits per heavy atom. The van der Waals surface area contributed by atoms with Gasteiger partial charge in [0.15, 0.2) is 5.75 Å². The van der Waals surface area contributed by atoms with Gasteiger partial charge in [-0.2, -0.15) is 0 Å². The average Bonchev–Trinajstić information content (AvgIpc) is 2.87. The number of nitrogens with zero attached hydrogens (tertiary/aromatic N) is 1. The Morgan fingerprint density at radius 3 is 2.69 bits per heavy atom. The van der Waals surface area contributed by atoms with E-state index in [0.29, 0.717) is 5.92 Å². The molecule has 0 atom stereocenters. The first kappa shape index (κ1) is 8.04. The number of aromatic hydroxyl groups is 1. The van der Waals surface area contributed by atoms with Gasteiger partial charge in [0.2, 0.25) is 0 Å². The smallest absolute Gasteiger partial charge is 0.310 e. The average molecular weight is 179 g/mol. The molecule has 68 valence electrons. The largest absolute Gasteiger partial charge is 0.502 e. The minimum Gasteiger partial charge on any atom is -0.502 e. The predicted octanol–water partition coefficient (Wildman–Crippen LogP) is 2.18. The zero-order chi connectivity index (χ0) is 9.42. The Kier molecular flexibility index (Phi) is 1.69. The van der Waals surface area contributed by atoms with Gasteiger partial charge in [0.1, 0.15) is 0 Å². The fourth-order valence-corrected chi connectivity index (χ4v) is 1.36. The van der Waals surface area contributed by atoms with E-state index in [1.807, 2.05) is 0 Å². The summed E-state index contributed by atoms with van der Waals surface area (Å²) >= 11 is 0. The summed E-state index contributed by atoms with van der Waals surface area (Å²) in [5, 5.41) is 19.6. The molecule has 0 amide bonds. The molecule has 0 spiro atoms. The maximum atomic E-state index is 10.5. The highest BCUT2D eigenvalue weighted by atomic mass is 16.6. The van der Waals surface area contributed by atoms with Crippen molar-refractivity contribution in [1.82, 2.24) is 0 Å². The van der Waals surface area contributed by atoms with Gasteiger partial charge in [-0.3, -0.25) is 10.1 Å². The Labute approximate surface area is 75.0 Å². The van der Waals surface area contributed by atoms with E-state index in [9.17, 15) is 10.1 Å². The van der Waals surface area contributed by atoms with Crippen LogP contribution in [0.3, 0.4) is 0 Å². The molecule has 1 saturated carbocycles. The molecule has 4 nitrogen and oxygen atoms in total. The molecule has 0 aliphatic heterocycles. The number of hydrogen-bond donors (Lipinski definition) is 1.